The molecule has 3 heterocycles. The van der Waals surface area contributed by atoms with Crippen LogP contribution < -0.4 is 15.4 Å². The molecule has 310 valence electrons. The summed E-state index contributed by atoms with van der Waals surface area (Å²) >= 11 is 0. The molecule has 3 aliphatic heterocycles. The maximum atomic E-state index is 12.6. The van der Waals surface area contributed by atoms with Gasteiger partial charge in [0.1, 0.15) is 72.8 Å². The van der Waals surface area contributed by atoms with Gasteiger partial charge in [0.05, 0.1) is 36.9 Å². The monoisotopic (exact) mass is 795 g/mol. The Bertz CT molecular complexity index is 1490. The number of nitrogens with one attached hydrogen (secondary N) is 2. The molecule has 12 N–H and O–H groups in total. The van der Waals surface area contributed by atoms with Gasteiger partial charge in [-0.15, -0.1) is 0 Å². The largest absolute Gasteiger partial charge is 0.477 e. The predicted molar refractivity (Wildman–Crippen MR) is 173 cm³/mol. The van der Waals surface area contributed by atoms with Crippen LogP contribution in [0.4, 0.5) is 5.69 Å². The highest BCUT2D eigenvalue weighted by Crippen LogP contribution is 2.36. The highest BCUT2D eigenvalue weighted by atomic mass is 16.8. The Balaban J connectivity index is 1.59. The molecular formula is C31H45N3O21. The first-order valence-corrected chi connectivity index (χ1v) is 16.8. The maximum Gasteiger partial charge on any atom is 0.364 e. The summed E-state index contributed by atoms with van der Waals surface area (Å²) in [6, 6.07) is 1.61. The Morgan fingerprint density at radius 3 is 2.05 bits per heavy atom. The molecule has 0 aliphatic carbocycles. The third-order valence-corrected chi connectivity index (χ3v) is 9.15. The third kappa shape index (κ3) is 9.99. The van der Waals surface area contributed by atoms with Crippen LogP contribution in [0.1, 0.15) is 20.3 Å². The van der Waals surface area contributed by atoms with E-state index in [1.54, 1.807) is 0 Å². The number of nitro groups is 1. The highest BCUT2D eigenvalue weighted by Gasteiger charge is 2.57. The van der Waals surface area contributed by atoms with E-state index < -0.39 is 147 Å². The molecule has 0 aromatic heterocycles. The third-order valence-electron chi connectivity index (χ3n) is 9.15. The number of aliphatic hydroxyl groups is 9. The molecule has 3 fully saturated rings. The van der Waals surface area contributed by atoms with E-state index in [9.17, 15) is 75.6 Å². The fourth-order valence-corrected chi connectivity index (χ4v) is 6.31. The Hall–Kier alpha value is -3.73. The molecule has 0 spiro atoms. The van der Waals surface area contributed by atoms with Crippen LogP contribution in [0.15, 0.2) is 24.3 Å². The minimum atomic E-state index is -2.89. The molecule has 0 unspecified atom stereocenters. The molecule has 0 radical (unpaired) electrons. The van der Waals surface area contributed by atoms with Gasteiger partial charge in [-0.1, -0.05) is 0 Å². The van der Waals surface area contributed by atoms with Crippen LogP contribution in [-0.4, -0.2) is 191 Å². The number of hydrogen-bond acceptors (Lipinski definition) is 20. The van der Waals surface area contributed by atoms with E-state index in [-0.39, 0.29) is 11.4 Å². The summed E-state index contributed by atoms with van der Waals surface area (Å²) in [7, 11) is 0. The number of hydrogen-bond donors (Lipinski definition) is 12. The van der Waals surface area contributed by atoms with Gasteiger partial charge in [0.25, 0.3) is 11.5 Å². The second kappa shape index (κ2) is 18.5. The van der Waals surface area contributed by atoms with Crippen molar-refractivity contribution in [3.8, 4) is 5.75 Å². The lowest BCUT2D eigenvalue weighted by Gasteiger charge is -2.48. The Morgan fingerprint density at radius 2 is 1.51 bits per heavy atom. The van der Waals surface area contributed by atoms with Gasteiger partial charge in [-0.2, -0.15) is 0 Å². The summed E-state index contributed by atoms with van der Waals surface area (Å²) in [6.45, 7) is -0.781. The van der Waals surface area contributed by atoms with Crippen molar-refractivity contribution in [2.75, 3.05) is 19.8 Å². The van der Waals surface area contributed by atoms with E-state index in [1.807, 2.05) is 0 Å². The molecular weight excluding hydrogens is 750 g/mol. The standard InChI is InChI=1S/C31H45N3O21/c1-11(37)32-19-15(39)7-31(30(46)47,55-27(19)21(41)16(40)8-35)50-10-18-22(42)24(44)25(45)29(53-18)54-26-20(33-12(2)38)28(52-17(9-36)23(26)43)51-14-5-3-13(4-6-14)34(48)49/h3-6,15-29,35-36,39-45H,7-10H2,1-2H3,(H,32,37)(H,33,38)(H,46,47)/t15-,16-,17+,18+,19-,20+,21-,22+,23-,24+,25+,26-,27-,28-,29+,31-/m1/s1. The quantitative estimate of drug-likeness (QED) is 0.0580. The lowest BCUT2D eigenvalue weighted by molar-refractivity contribution is -0.384. The van der Waals surface area contributed by atoms with Gasteiger partial charge in [0.15, 0.2) is 6.29 Å². The first-order chi connectivity index (χ1) is 25.8. The van der Waals surface area contributed by atoms with Crippen LogP contribution in [0.2, 0.25) is 0 Å². The van der Waals surface area contributed by atoms with E-state index in [0.717, 1.165) is 26.0 Å². The molecule has 0 saturated carbocycles. The predicted octanol–water partition coefficient (Wildman–Crippen LogP) is -6.08. The number of carbonyl (C=O) groups excluding carboxylic acids is 2. The number of aliphatic hydroxyl groups excluding tert-OH is 9. The summed E-state index contributed by atoms with van der Waals surface area (Å²) < 4.78 is 34.0. The summed E-state index contributed by atoms with van der Waals surface area (Å²) in [5, 5.41) is 121. The van der Waals surface area contributed by atoms with Crippen molar-refractivity contribution < 1.29 is 98.8 Å². The van der Waals surface area contributed by atoms with Crippen molar-refractivity contribution in [3.05, 3.63) is 34.4 Å². The lowest BCUT2D eigenvalue weighted by Crippen LogP contribution is -2.69. The van der Waals surface area contributed by atoms with E-state index in [4.69, 9.17) is 28.4 Å². The van der Waals surface area contributed by atoms with E-state index in [1.165, 1.54) is 12.1 Å². The minimum Gasteiger partial charge on any atom is -0.477 e. The van der Waals surface area contributed by atoms with Crippen LogP contribution in [0, 0.1) is 10.1 Å². The fourth-order valence-electron chi connectivity index (χ4n) is 6.31. The lowest BCUT2D eigenvalue weighted by atomic mass is 9.88. The van der Waals surface area contributed by atoms with E-state index in [0.29, 0.717) is 0 Å². The number of amides is 2. The zero-order valence-corrected chi connectivity index (χ0v) is 29.2. The molecule has 0 bridgehead atoms. The Kier molecular flexibility index (Phi) is 14.8. The van der Waals surface area contributed by atoms with Crippen molar-refractivity contribution >= 4 is 23.5 Å². The summed E-state index contributed by atoms with van der Waals surface area (Å²) in [5.74, 6) is -6.27. The van der Waals surface area contributed by atoms with Crippen molar-refractivity contribution in [1.82, 2.24) is 10.6 Å². The first kappa shape index (κ1) is 44.0. The molecule has 4 rings (SSSR count). The topological polar surface area (TPSA) is 376 Å². The molecule has 55 heavy (non-hydrogen) atoms. The Morgan fingerprint density at radius 1 is 0.909 bits per heavy atom. The molecule has 1 aromatic rings. The van der Waals surface area contributed by atoms with Crippen LogP contribution in [0.25, 0.3) is 0 Å². The van der Waals surface area contributed by atoms with Gasteiger partial charge in [-0.3, -0.25) is 19.7 Å². The van der Waals surface area contributed by atoms with Gasteiger partial charge in [0, 0.05) is 32.4 Å². The molecule has 24 heteroatoms. The zero-order chi connectivity index (χ0) is 40.9. The highest BCUT2D eigenvalue weighted by molar-refractivity contribution is 5.76. The number of non-ortho nitro benzene ring substituents is 1. The SMILES string of the molecule is CC(=O)N[C@@H]1[C@H](Oc2ccc([N+](=O)[O-])cc2)O[C@@H](CO)[C@@H](O)[C@@H]1O[C@@H]1O[C@@H](CO[C@]2(C(=O)O)C[C@@H](O)[C@@H](NC(C)=O)[C@H]([C@H](O)[C@H](O)CO)O2)[C@H](O)[C@H](O)[C@@H]1O. The number of carbonyl (C=O) groups is 3. The second-order valence-electron chi connectivity index (χ2n) is 13.1. The van der Waals surface area contributed by atoms with Crippen LogP contribution in [0.5, 0.6) is 5.75 Å². The molecule has 24 nitrogen and oxygen atoms in total. The van der Waals surface area contributed by atoms with Crippen LogP contribution in [0.3, 0.4) is 0 Å². The minimum absolute atomic E-state index is 0.0195. The van der Waals surface area contributed by atoms with Crippen molar-refractivity contribution in [2.24, 2.45) is 0 Å². The van der Waals surface area contributed by atoms with E-state index in [2.05, 4.69) is 10.6 Å². The van der Waals surface area contributed by atoms with Gasteiger partial charge in [-0.25, -0.2) is 4.79 Å². The number of carboxylic acids is 1. The molecule has 16 atom stereocenters. The number of carboxylic acid groups (broad SMARTS) is 1. The second-order valence-corrected chi connectivity index (χ2v) is 13.1. The number of ether oxygens (including phenoxy) is 6. The van der Waals surface area contributed by atoms with Gasteiger partial charge in [-0.05, 0) is 12.1 Å². The summed E-state index contributed by atoms with van der Waals surface area (Å²) in [4.78, 5) is 47.1. The number of rotatable bonds is 15. The number of benzene rings is 1. The maximum absolute atomic E-state index is 12.6. The summed E-state index contributed by atoms with van der Waals surface area (Å²) in [6.07, 6.45) is -25.3. The summed E-state index contributed by atoms with van der Waals surface area (Å²) in [5.41, 5.74) is -0.282. The number of nitro benzene ring substituents is 1. The first-order valence-electron chi connectivity index (χ1n) is 16.8. The van der Waals surface area contributed by atoms with Gasteiger partial charge in [0.2, 0.25) is 18.1 Å². The number of aliphatic carboxylic acids is 1. The fraction of sp³-hybridized carbons (Fsp3) is 0.710. The Labute approximate surface area is 310 Å². The van der Waals surface area contributed by atoms with Crippen molar-refractivity contribution in [3.63, 3.8) is 0 Å². The molecule has 3 aliphatic rings. The average Bonchev–Trinajstić information content (AvgIpc) is 3.13. The van der Waals surface area contributed by atoms with Gasteiger partial charge < -0.3 is 90.1 Å². The van der Waals surface area contributed by atoms with Crippen molar-refractivity contribution in [1.29, 1.82) is 0 Å². The zero-order valence-electron chi connectivity index (χ0n) is 29.2. The van der Waals surface area contributed by atoms with Crippen LogP contribution >= 0.6 is 0 Å². The molecule has 3 saturated heterocycles. The normalized spacial score (nSPS) is 37.6. The van der Waals surface area contributed by atoms with Crippen molar-refractivity contribution in [2.45, 2.75) is 118 Å². The molecule has 2 amide bonds. The van der Waals surface area contributed by atoms with Crippen LogP contribution in [-0.2, 0) is 38.1 Å². The number of nitrogens with zero attached hydrogens (tertiary/aromatic N) is 1. The molecule has 1 aromatic carbocycles. The van der Waals surface area contributed by atoms with Gasteiger partial charge >= 0.3 is 5.97 Å². The smallest absolute Gasteiger partial charge is 0.364 e. The average molecular weight is 796 g/mol. The van der Waals surface area contributed by atoms with E-state index >= 15 is 0 Å².